The molecule has 1 heterocycles. The van der Waals surface area contributed by atoms with Crippen LogP contribution in [0.5, 0.6) is 0 Å². The van der Waals surface area contributed by atoms with E-state index in [1.165, 1.54) is 186 Å². The Balaban J connectivity index is 2.27. The van der Waals surface area contributed by atoms with Gasteiger partial charge >= 0.3 is 11.9 Å². The maximum Gasteiger partial charge on any atom is 0.330 e. The van der Waals surface area contributed by atoms with E-state index < -0.39 is 55.4 Å². The Labute approximate surface area is 379 Å². The molecule has 10 nitrogen and oxygen atoms in total. The van der Waals surface area contributed by atoms with Gasteiger partial charge in [-0.2, -0.15) is 0 Å². The average Bonchev–Trinajstić information content (AvgIpc) is 3.27. The van der Waals surface area contributed by atoms with Gasteiger partial charge in [0, 0.05) is 12.5 Å². The zero-order valence-corrected chi connectivity index (χ0v) is 39.9. The first kappa shape index (κ1) is 58.2. The van der Waals surface area contributed by atoms with Gasteiger partial charge in [0.2, 0.25) is 0 Å². The Bertz CT molecular complexity index is 1060. The van der Waals surface area contributed by atoms with Gasteiger partial charge in [-0.1, -0.05) is 231 Å². The molecule has 4 N–H and O–H groups in total. The first-order valence-corrected chi connectivity index (χ1v) is 26.0. The molecule has 1 aliphatic rings. The smallest absolute Gasteiger partial charge is 0.330 e. The van der Waals surface area contributed by atoms with Crippen LogP contribution in [-0.2, 0) is 28.5 Å². The molecule has 62 heavy (non-hydrogen) atoms. The minimum absolute atomic E-state index is 0.216. The topological polar surface area (TPSA) is 152 Å². The highest BCUT2D eigenvalue weighted by Crippen LogP contribution is 2.23. The van der Waals surface area contributed by atoms with E-state index in [0.717, 1.165) is 32.1 Å². The highest BCUT2D eigenvalue weighted by molar-refractivity contribution is 5.82. The van der Waals surface area contributed by atoms with Crippen molar-refractivity contribution in [1.82, 2.24) is 0 Å². The molecule has 0 spiro atoms. The molecule has 2 unspecified atom stereocenters. The number of aliphatic hydroxyl groups is 4. The summed E-state index contributed by atoms with van der Waals surface area (Å²) in [6, 6.07) is 0. The van der Waals surface area contributed by atoms with Crippen molar-refractivity contribution in [2.75, 3.05) is 19.8 Å². The van der Waals surface area contributed by atoms with Crippen molar-refractivity contribution in [3.8, 4) is 0 Å². The lowest BCUT2D eigenvalue weighted by Crippen LogP contribution is -2.59. The zero-order valence-electron chi connectivity index (χ0n) is 39.9. The first-order valence-electron chi connectivity index (χ1n) is 26.0. The molecular formula is C52H96O10. The SMILES string of the molecule is CCCCCCCCCCCCC/C=C/C=C/C(=O)OC[C@H](CO[C@@H]1O[C@H](CO)[C@H](O)C(O)C1O)OC(=O)CCCCCCCCCCCCCCCCCCCCCCCC. The zero-order chi connectivity index (χ0) is 45.1. The van der Waals surface area contributed by atoms with E-state index in [1.807, 2.05) is 12.2 Å². The lowest BCUT2D eigenvalue weighted by Gasteiger charge is -2.39. The largest absolute Gasteiger partial charge is 0.458 e. The maximum absolute atomic E-state index is 12.8. The number of carbonyl (C=O) groups excluding carboxylic acids is 2. The number of carbonyl (C=O) groups is 2. The maximum atomic E-state index is 12.8. The van der Waals surface area contributed by atoms with Crippen LogP contribution in [0.1, 0.15) is 239 Å². The van der Waals surface area contributed by atoms with Gasteiger partial charge in [0.1, 0.15) is 31.0 Å². The van der Waals surface area contributed by atoms with Gasteiger partial charge in [-0.05, 0) is 19.3 Å². The summed E-state index contributed by atoms with van der Waals surface area (Å²) in [6.45, 7) is 3.35. The van der Waals surface area contributed by atoms with Crippen LogP contribution < -0.4 is 0 Å². The van der Waals surface area contributed by atoms with Crippen molar-refractivity contribution in [2.45, 2.75) is 275 Å². The Morgan fingerprint density at radius 2 is 0.952 bits per heavy atom. The third-order valence-corrected chi connectivity index (χ3v) is 12.2. The number of hydrogen-bond donors (Lipinski definition) is 4. The summed E-state index contributed by atoms with van der Waals surface area (Å²) in [5, 5.41) is 40.2. The van der Waals surface area contributed by atoms with Crippen LogP contribution >= 0.6 is 0 Å². The molecule has 0 aromatic carbocycles. The molecule has 0 aromatic heterocycles. The molecule has 0 saturated carbocycles. The van der Waals surface area contributed by atoms with Crippen LogP contribution in [0.2, 0.25) is 0 Å². The predicted octanol–water partition coefficient (Wildman–Crippen LogP) is 12.1. The number of ether oxygens (including phenoxy) is 4. The van der Waals surface area contributed by atoms with E-state index in [9.17, 15) is 30.0 Å². The fourth-order valence-corrected chi connectivity index (χ4v) is 8.10. The standard InChI is InChI=1S/C52H96O10/c1-3-5-7-9-11-13-15-17-19-20-21-22-23-24-25-27-29-31-33-35-37-39-41-48(55)61-45(44-60-52-51(58)50(57)49(56)46(42-53)62-52)43-59-47(54)40-38-36-34-32-30-28-26-18-16-14-12-10-8-6-4-2/h34,36,38,40,45-46,49-53,56-58H,3-33,35,37,39,41-44H2,1-2H3/b36-34+,40-38+/t45-,46-,49+,50?,51?,52-/m1/s1. The summed E-state index contributed by atoms with van der Waals surface area (Å²) in [5.74, 6) is -1.05. The van der Waals surface area contributed by atoms with Crippen molar-refractivity contribution >= 4 is 11.9 Å². The third kappa shape index (κ3) is 33.7. The predicted molar refractivity (Wildman–Crippen MR) is 252 cm³/mol. The molecule has 0 radical (unpaired) electrons. The number of unbranched alkanes of at least 4 members (excludes halogenated alkanes) is 32. The first-order chi connectivity index (χ1) is 30.3. The highest BCUT2D eigenvalue weighted by atomic mass is 16.7. The van der Waals surface area contributed by atoms with Gasteiger partial charge < -0.3 is 39.4 Å². The summed E-state index contributed by atoms with van der Waals surface area (Å²) < 4.78 is 22.1. The van der Waals surface area contributed by atoms with E-state index in [-0.39, 0.29) is 19.6 Å². The summed E-state index contributed by atoms with van der Waals surface area (Å²) in [4.78, 5) is 25.3. The fourth-order valence-electron chi connectivity index (χ4n) is 8.10. The van der Waals surface area contributed by atoms with Gasteiger partial charge in [-0.3, -0.25) is 4.79 Å². The molecule has 1 saturated heterocycles. The van der Waals surface area contributed by atoms with E-state index >= 15 is 0 Å². The van der Waals surface area contributed by atoms with Gasteiger partial charge in [0.15, 0.2) is 12.4 Å². The number of allylic oxidation sites excluding steroid dienone is 3. The van der Waals surface area contributed by atoms with E-state index in [0.29, 0.717) is 6.42 Å². The van der Waals surface area contributed by atoms with Crippen LogP contribution in [-0.4, -0.2) is 89.0 Å². The van der Waals surface area contributed by atoms with Gasteiger partial charge in [-0.25, -0.2) is 4.79 Å². The Hall–Kier alpha value is -1.82. The van der Waals surface area contributed by atoms with Crippen LogP contribution in [0.4, 0.5) is 0 Å². The van der Waals surface area contributed by atoms with E-state index in [4.69, 9.17) is 18.9 Å². The van der Waals surface area contributed by atoms with Crippen molar-refractivity contribution in [2.24, 2.45) is 0 Å². The second kappa shape index (κ2) is 43.1. The molecule has 0 aliphatic carbocycles. The van der Waals surface area contributed by atoms with Crippen molar-refractivity contribution in [3.63, 3.8) is 0 Å². The van der Waals surface area contributed by atoms with Crippen molar-refractivity contribution < 1.29 is 49.0 Å². The summed E-state index contributed by atoms with van der Waals surface area (Å²) >= 11 is 0. The summed E-state index contributed by atoms with van der Waals surface area (Å²) in [5.41, 5.74) is 0. The van der Waals surface area contributed by atoms with Gasteiger partial charge in [0.05, 0.1) is 13.2 Å². The van der Waals surface area contributed by atoms with Crippen molar-refractivity contribution in [3.05, 3.63) is 24.3 Å². The molecule has 0 aromatic rings. The van der Waals surface area contributed by atoms with E-state index in [1.54, 1.807) is 6.08 Å². The van der Waals surface area contributed by atoms with Gasteiger partial charge in [0.25, 0.3) is 0 Å². The number of hydrogen-bond acceptors (Lipinski definition) is 10. The molecule has 1 rings (SSSR count). The lowest BCUT2D eigenvalue weighted by molar-refractivity contribution is -0.305. The summed E-state index contributed by atoms with van der Waals surface area (Å²) in [7, 11) is 0. The molecule has 0 bridgehead atoms. The fraction of sp³-hybridized carbons (Fsp3) is 0.885. The van der Waals surface area contributed by atoms with Crippen LogP contribution in [0.3, 0.4) is 0 Å². The number of aliphatic hydroxyl groups excluding tert-OH is 4. The second-order valence-corrected chi connectivity index (χ2v) is 18.1. The summed E-state index contributed by atoms with van der Waals surface area (Å²) in [6.07, 6.45) is 42.5. The monoisotopic (exact) mass is 881 g/mol. The van der Waals surface area contributed by atoms with Crippen LogP contribution in [0.15, 0.2) is 24.3 Å². The van der Waals surface area contributed by atoms with Crippen molar-refractivity contribution in [1.29, 1.82) is 0 Å². The molecule has 1 aliphatic heterocycles. The quantitative estimate of drug-likeness (QED) is 0.0201. The third-order valence-electron chi connectivity index (χ3n) is 12.2. The highest BCUT2D eigenvalue weighted by Gasteiger charge is 2.44. The second-order valence-electron chi connectivity index (χ2n) is 18.1. The Morgan fingerprint density at radius 3 is 1.39 bits per heavy atom. The average molecular weight is 881 g/mol. The minimum Gasteiger partial charge on any atom is -0.458 e. The normalized spacial score (nSPS) is 19.7. The molecule has 1 fully saturated rings. The van der Waals surface area contributed by atoms with Crippen LogP contribution in [0.25, 0.3) is 0 Å². The van der Waals surface area contributed by atoms with E-state index in [2.05, 4.69) is 13.8 Å². The van der Waals surface area contributed by atoms with Crippen LogP contribution in [0, 0.1) is 0 Å². The number of esters is 2. The van der Waals surface area contributed by atoms with Gasteiger partial charge in [-0.15, -0.1) is 0 Å². The lowest BCUT2D eigenvalue weighted by atomic mass is 9.99. The molecule has 6 atom stereocenters. The molecule has 10 heteroatoms. The Kier molecular flexibility index (Phi) is 40.4. The Morgan fingerprint density at radius 1 is 0.532 bits per heavy atom. The number of rotatable bonds is 44. The minimum atomic E-state index is -1.60. The molecule has 0 amide bonds. The molecular weight excluding hydrogens is 785 g/mol. The molecule has 364 valence electrons.